The van der Waals surface area contributed by atoms with E-state index >= 15 is 0 Å². The number of anilines is 1. The summed E-state index contributed by atoms with van der Waals surface area (Å²) in [7, 11) is 1.85. The number of nitrogens with zero attached hydrogens (tertiary/aromatic N) is 4. The number of carbonyl (C=O) groups excluding carboxylic acids is 1. The van der Waals surface area contributed by atoms with Crippen LogP contribution in [0.4, 0.5) is 5.82 Å². The molecular weight excluding hydrogens is 354 g/mol. The Balaban J connectivity index is 1.97. The minimum Gasteiger partial charge on any atom is -0.490 e. The average Bonchev–Trinajstić information content (AvgIpc) is 2.92. The van der Waals surface area contributed by atoms with E-state index in [1.165, 1.54) is 21.8 Å². The Kier molecular flexibility index (Phi) is 4.90. The highest BCUT2D eigenvalue weighted by Gasteiger charge is 2.18. The Morgan fingerprint density at radius 1 is 1.46 bits per heavy atom. The molecule has 0 aliphatic carbocycles. The quantitative estimate of drug-likeness (QED) is 0.704. The summed E-state index contributed by atoms with van der Waals surface area (Å²) in [5.41, 5.74) is 5.81. The number of hydrogen-bond acceptors (Lipinski definition) is 7. The molecule has 1 amide bonds. The molecule has 0 bridgehead atoms. The molecule has 8 nitrogen and oxygen atoms in total. The van der Waals surface area contributed by atoms with Crippen molar-refractivity contribution in [3.63, 3.8) is 0 Å². The van der Waals surface area contributed by atoms with Crippen LogP contribution in [0.15, 0.2) is 29.2 Å². The van der Waals surface area contributed by atoms with Crippen LogP contribution in [-0.4, -0.2) is 33.9 Å². The van der Waals surface area contributed by atoms with Gasteiger partial charge in [0.05, 0.1) is 18.8 Å². The minimum atomic E-state index is -0.641. The standard InChI is InChI=1S/C17H19N5O3S/c1-4-25-12-6-5-7-19-16(12)21(3)9-11-8-13(23)22-14(15(18)24)10(2)26-17(22)20-11/h5-8H,4,9H2,1-3H3,(H2,18,24). The van der Waals surface area contributed by atoms with Gasteiger partial charge in [0.25, 0.3) is 11.5 Å². The molecule has 3 aromatic rings. The lowest BCUT2D eigenvalue weighted by Gasteiger charge is -2.20. The summed E-state index contributed by atoms with van der Waals surface area (Å²) in [5, 5.41) is 0. The lowest BCUT2D eigenvalue weighted by Crippen LogP contribution is -2.25. The number of thiazole rings is 1. The number of carbonyl (C=O) groups is 1. The lowest BCUT2D eigenvalue weighted by molar-refractivity contribution is 0.0994. The monoisotopic (exact) mass is 373 g/mol. The number of rotatable bonds is 6. The van der Waals surface area contributed by atoms with E-state index in [0.29, 0.717) is 40.3 Å². The second-order valence-electron chi connectivity index (χ2n) is 5.69. The normalized spacial score (nSPS) is 10.9. The zero-order valence-electron chi connectivity index (χ0n) is 14.7. The van der Waals surface area contributed by atoms with Gasteiger partial charge in [0.1, 0.15) is 5.69 Å². The molecule has 3 rings (SSSR count). The Hall–Kier alpha value is -2.94. The predicted molar refractivity (Wildman–Crippen MR) is 100 cm³/mol. The summed E-state index contributed by atoms with van der Waals surface area (Å²) in [6.07, 6.45) is 1.68. The summed E-state index contributed by atoms with van der Waals surface area (Å²) >= 11 is 1.26. The Labute approximate surface area is 153 Å². The number of nitrogens with two attached hydrogens (primary N) is 1. The first-order valence-corrected chi connectivity index (χ1v) is 8.84. The molecule has 0 saturated heterocycles. The molecule has 0 aliphatic heterocycles. The third kappa shape index (κ3) is 3.25. The average molecular weight is 373 g/mol. The van der Waals surface area contributed by atoms with Gasteiger partial charge in [-0.3, -0.25) is 9.59 Å². The highest BCUT2D eigenvalue weighted by atomic mass is 32.1. The highest BCUT2D eigenvalue weighted by Crippen LogP contribution is 2.25. The molecule has 0 fully saturated rings. The van der Waals surface area contributed by atoms with E-state index in [4.69, 9.17) is 10.5 Å². The Morgan fingerprint density at radius 3 is 2.92 bits per heavy atom. The zero-order valence-corrected chi connectivity index (χ0v) is 15.5. The molecule has 0 saturated carbocycles. The van der Waals surface area contributed by atoms with Crippen molar-refractivity contribution in [1.82, 2.24) is 14.4 Å². The van der Waals surface area contributed by atoms with Gasteiger partial charge < -0.3 is 15.4 Å². The second-order valence-corrected chi connectivity index (χ2v) is 6.87. The number of ether oxygens (including phenoxy) is 1. The van der Waals surface area contributed by atoms with Crippen LogP contribution >= 0.6 is 11.3 Å². The van der Waals surface area contributed by atoms with Crippen molar-refractivity contribution >= 4 is 28.0 Å². The van der Waals surface area contributed by atoms with E-state index in [2.05, 4.69) is 9.97 Å². The first kappa shape index (κ1) is 17.9. The Morgan fingerprint density at radius 2 is 2.23 bits per heavy atom. The topological polar surface area (TPSA) is 103 Å². The van der Waals surface area contributed by atoms with Crippen LogP contribution in [0.2, 0.25) is 0 Å². The fraction of sp³-hybridized carbons (Fsp3) is 0.294. The number of primary amides is 1. The molecule has 3 aromatic heterocycles. The van der Waals surface area contributed by atoms with Gasteiger partial charge >= 0.3 is 0 Å². The fourth-order valence-electron chi connectivity index (χ4n) is 2.74. The van der Waals surface area contributed by atoms with Gasteiger partial charge in [-0.15, -0.1) is 11.3 Å². The fourth-order valence-corrected chi connectivity index (χ4v) is 3.74. The van der Waals surface area contributed by atoms with Crippen LogP contribution in [0.1, 0.15) is 28.0 Å². The summed E-state index contributed by atoms with van der Waals surface area (Å²) in [6.45, 7) is 4.55. The molecule has 0 radical (unpaired) electrons. The third-order valence-corrected chi connectivity index (χ3v) is 4.74. The van der Waals surface area contributed by atoms with Gasteiger partial charge in [-0.05, 0) is 26.0 Å². The maximum atomic E-state index is 12.5. The summed E-state index contributed by atoms with van der Waals surface area (Å²) < 4.78 is 6.86. The van der Waals surface area contributed by atoms with Crippen LogP contribution in [-0.2, 0) is 6.54 Å². The zero-order chi connectivity index (χ0) is 18.8. The smallest absolute Gasteiger partial charge is 0.266 e. The summed E-state index contributed by atoms with van der Waals surface area (Å²) in [5.74, 6) is 0.687. The van der Waals surface area contributed by atoms with Gasteiger partial charge in [-0.1, -0.05) is 0 Å². The molecule has 0 aromatic carbocycles. The van der Waals surface area contributed by atoms with E-state index < -0.39 is 5.91 Å². The van der Waals surface area contributed by atoms with E-state index in [1.807, 2.05) is 24.9 Å². The molecule has 26 heavy (non-hydrogen) atoms. The van der Waals surface area contributed by atoms with E-state index in [1.54, 1.807) is 19.2 Å². The number of amides is 1. The van der Waals surface area contributed by atoms with E-state index in [0.717, 1.165) is 0 Å². The van der Waals surface area contributed by atoms with Crippen molar-refractivity contribution < 1.29 is 9.53 Å². The van der Waals surface area contributed by atoms with Gasteiger partial charge in [-0.2, -0.15) is 0 Å². The molecule has 0 unspecified atom stereocenters. The molecule has 0 atom stereocenters. The van der Waals surface area contributed by atoms with Gasteiger partial charge in [0.15, 0.2) is 16.5 Å². The SMILES string of the molecule is CCOc1cccnc1N(C)Cc1cc(=O)n2c(C(N)=O)c(C)sc2n1. The molecule has 0 aliphatic rings. The number of hydrogen-bond donors (Lipinski definition) is 1. The van der Waals surface area contributed by atoms with E-state index in [-0.39, 0.29) is 11.3 Å². The maximum Gasteiger partial charge on any atom is 0.266 e. The minimum absolute atomic E-state index is 0.186. The summed E-state index contributed by atoms with van der Waals surface area (Å²) in [6, 6.07) is 5.06. The van der Waals surface area contributed by atoms with Gasteiger partial charge in [0.2, 0.25) is 0 Å². The summed E-state index contributed by atoms with van der Waals surface area (Å²) in [4.78, 5) is 35.9. The lowest BCUT2D eigenvalue weighted by atomic mass is 10.3. The van der Waals surface area contributed by atoms with Crippen molar-refractivity contribution in [1.29, 1.82) is 0 Å². The second kappa shape index (κ2) is 7.12. The van der Waals surface area contributed by atoms with Gasteiger partial charge in [0, 0.05) is 24.2 Å². The molecule has 136 valence electrons. The van der Waals surface area contributed by atoms with E-state index in [9.17, 15) is 9.59 Å². The number of aryl methyl sites for hydroxylation is 1. The van der Waals surface area contributed by atoms with Crippen LogP contribution in [0, 0.1) is 6.92 Å². The first-order valence-electron chi connectivity index (χ1n) is 8.03. The molecular formula is C17H19N5O3S. The van der Waals surface area contributed by atoms with Crippen molar-refractivity contribution in [2.24, 2.45) is 5.73 Å². The molecule has 9 heteroatoms. The number of aromatic nitrogens is 3. The molecule has 0 spiro atoms. The third-order valence-electron chi connectivity index (χ3n) is 3.79. The molecule has 3 heterocycles. The van der Waals surface area contributed by atoms with Crippen molar-refractivity contribution in [2.45, 2.75) is 20.4 Å². The number of pyridine rings is 1. The van der Waals surface area contributed by atoms with Crippen molar-refractivity contribution in [3.8, 4) is 5.75 Å². The number of fused-ring (bicyclic) bond motifs is 1. The predicted octanol–water partition coefficient (Wildman–Crippen LogP) is 1.59. The Bertz CT molecular complexity index is 1030. The highest BCUT2D eigenvalue weighted by molar-refractivity contribution is 7.17. The molecule has 2 N–H and O–H groups in total. The first-order chi connectivity index (χ1) is 12.4. The van der Waals surface area contributed by atoms with Crippen LogP contribution < -0.4 is 20.9 Å². The van der Waals surface area contributed by atoms with Crippen molar-refractivity contribution in [3.05, 3.63) is 51.0 Å². The van der Waals surface area contributed by atoms with Crippen molar-refractivity contribution in [2.75, 3.05) is 18.6 Å². The van der Waals surface area contributed by atoms with Crippen LogP contribution in [0.3, 0.4) is 0 Å². The largest absolute Gasteiger partial charge is 0.490 e. The van der Waals surface area contributed by atoms with Gasteiger partial charge in [-0.25, -0.2) is 14.4 Å². The van der Waals surface area contributed by atoms with Crippen LogP contribution in [0.25, 0.3) is 4.96 Å². The van der Waals surface area contributed by atoms with Crippen LogP contribution in [0.5, 0.6) is 5.75 Å². The maximum absolute atomic E-state index is 12.5.